The van der Waals surface area contributed by atoms with Crippen LogP contribution in [0.5, 0.6) is 0 Å². The summed E-state index contributed by atoms with van der Waals surface area (Å²) >= 11 is 18.8. The lowest BCUT2D eigenvalue weighted by Crippen LogP contribution is -2.58. The Morgan fingerprint density at radius 1 is 0.557 bits per heavy atom. The van der Waals surface area contributed by atoms with E-state index in [0.717, 1.165) is 70.0 Å². The topological polar surface area (TPSA) is 196 Å². The highest BCUT2D eigenvalue weighted by Crippen LogP contribution is 2.66. The second-order valence-electron chi connectivity index (χ2n) is 18.7. The zero-order valence-corrected chi connectivity index (χ0v) is 54.2. The average Bonchev–Trinajstić information content (AvgIpc) is 3.64. The number of amides is 1. The molecule has 434 valence electrons. The molecular formula is C58H77N2O9S10-. The van der Waals surface area contributed by atoms with Crippen LogP contribution in [0.4, 0.5) is 0 Å². The Labute approximate surface area is 512 Å². The summed E-state index contributed by atoms with van der Waals surface area (Å²) in [5.74, 6) is 13.5. The second-order valence-corrected chi connectivity index (χ2v) is 34.8. The molecule has 0 aromatic heterocycles. The zero-order valence-electron chi connectivity index (χ0n) is 46.0. The van der Waals surface area contributed by atoms with E-state index in [9.17, 15) is 34.5 Å². The normalized spacial score (nSPS) is 19.3. The van der Waals surface area contributed by atoms with E-state index in [2.05, 4.69) is 56.5 Å². The molecule has 5 aliphatic heterocycles. The van der Waals surface area contributed by atoms with E-state index in [0.29, 0.717) is 37.1 Å². The lowest BCUT2D eigenvalue weighted by atomic mass is 9.86. The SMILES string of the molecule is C#CCCN.C#CCCNC(=O)c1ccc(C(O)(C2(C)SCCCS2)C2(C)SCCCS2)cc1.CC1(C(O)(c2ccc(C(=O)O)cc2)C2(C)SCCCS2)SCCCS1.COC(=O)c1ccc(C(=O)O)cc1.C[C-]1SCCCS1. The van der Waals surface area contributed by atoms with Crippen molar-refractivity contribution < 1.29 is 44.3 Å². The molecule has 3 aromatic rings. The fraction of sp³-hybridized carbons (Fsp3) is 0.534. The number of aliphatic hydroxyl groups is 2. The van der Waals surface area contributed by atoms with Crippen molar-refractivity contribution in [1.82, 2.24) is 5.32 Å². The number of carboxylic acid groups (broad SMARTS) is 2. The molecule has 0 aliphatic carbocycles. The van der Waals surface area contributed by atoms with Crippen LogP contribution < -0.4 is 11.1 Å². The van der Waals surface area contributed by atoms with Crippen molar-refractivity contribution in [3.63, 3.8) is 0 Å². The molecule has 5 aliphatic rings. The quantitative estimate of drug-likeness (QED) is 0.0409. The first kappa shape index (κ1) is 69.5. The number of nitrogens with one attached hydrogen (secondary N) is 1. The van der Waals surface area contributed by atoms with Crippen LogP contribution in [0.25, 0.3) is 0 Å². The molecule has 7 N–H and O–H groups in total. The van der Waals surface area contributed by atoms with E-state index >= 15 is 0 Å². The lowest BCUT2D eigenvalue weighted by Gasteiger charge is -2.55. The fourth-order valence-electron chi connectivity index (χ4n) is 8.80. The molecule has 5 heterocycles. The van der Waals surface area contributed by atoms with E-state index in [1.54, 1.807) is 16.7 Å². The number of esters is 1. The standard InChI is InChI=1S/C22H29NO2S4.C18H24O3S4.C9H8O4.C5H9S2.C4H7N/c1-4-5-12-23-19(24)17-8-10-18(11-9-17)22(25,20(2)26-13-6-14-27-20)21(3)28-15-7-16-29-21;1-16(22-9-3-10-23-16)18(21,17(2)24-11-4-12-25-17)14-7-5-13(6-8-14)15(19)20;1-13-9(12)7-4-2-6(3-5-7)8(10)11;1-5-6-3-2-4-7-5;1-2-3-4-5/h1,8-11,25H,5-7,12-16H2,2-3H3,(H,23,24);5-8,21H,3-4,9-12H2,1-2H3,(H,19,20);2-5H,1H3,(H,10,11);2-4H2,1H3;1H,3-5H2/q;;;-1;. The van der Waals surface area contributed by atoms with Crippen molar-refractivity contribution in [2.45, 2.75) is 107 Å². The summed E-state index contributed by atoms with van der Waals surface area (Å²) < 4.78 is 4.60. The van der Waals surface area contributed by atoms with Crippen LogP contribution in [0.15, 0.2) is 72.8 Å². The smallest absolute Gasteiger partial charge is 0.337 e. The number of ether oxygens (including phenoxy) is 1. The molecule has 21 heteroatoms. The number of carbonyl (C=O) groups is 4. The van der Waals surface area contributed by atoms with Crippen LogP contribution in [-0.2, 0) is 15.9 Å². The first-order valence-electron chi connectivity index (χ1n) is 26.0. The van der Waals surface area contributed by atoms with Gasteiger partial charge < -0.3 is 59.7 Å². The molecule has 0 saturated carbocycles. The molecule has 5 fully saturated rings. The molecule has 0 atom stereocenters. The van der Waals surface area contributed by atoms with Crippen LogP contribution in [0.1, 0.15) is 132 Å². The number of methoxy groups -OCH3 is 1. The molecule has 0 bridgehead atoms. The molecule has 0 unspecified atom stereocenters. The largest absolute Gasteiger partial charge is 0.478 e. The number of rotatable bonds is 13. The van der Waals surface area contributed by atoms with Gasteiger partial charge in [-0.25, -0.2) is 19.0 Å². The summed E-state index contributed by atoms with van der Waals surface area (Å²) in [4.78, 5) is 44.9. The Morgan fingerprint density at radius 2 is 0.861 bits per heavy atom. The van der Waals surface area contributed by atoms with Gasteiger partial charge in [0.1, 0.15) is 11.2 Å². The number of nitrogens with two attached hydrogens (primary N) is 1. The van der Waals surface area contributed by atoms with Crippen LogP contribution in [0.2, 0.25) is 0 Å². The molecule has 0 radical (unpaired) electrons. The Morgan fingerprint density at radius 3 is 1.13 bits per heavy atom. The molecule has 3 aromatic carbocycles. The number of aromatic carboxylic acids is 2. The van der Waals surface area contributed by atoms with Gasteiger partial charge in [0.05, 0.1) is 40.1 Å². The van der Waals surface area contributed by atoms with Crippen molar-refractivity contribution in [2.24, 2.45) is 5.73 Å². The molecule has 11 nitrogen and oxygen atoms in total. The number of terminal acetylenes is 2. The minimum absolute atomic E-state index is 0.129. The number of hydrogen-bond acceptors (Lipinski definition) is 18. The predicted octanol–water partition coefficient (Wildman–Crippen LogP) is 13.1. The minimum atomic E-state index is -1.05. The highest BCUT2D eigenvalue weighted by atomic mass is 32.2. The average molecular weight is 1270 g/mol. The van der Waals surface area contributed by atoms with Crippen LogP contribution in [-0.4, -0.2) is 138 Å². The van der Waals surface area contributed by atoms with E-state index < -0.39 is 29.1 Å². The Hall–Kier alpha value is -1.96. The first-order valence-corrected chi connectivity index (χ1v) is 35.9. The predicted molar refractivity (Wildman–Crippen MR) is 351 cm³/mol. The number of carboxylic acids is 2. The van der Waals surface area contributed by atoms with Gasteiger partial charge in [0, 0.05) is 31.5 Å². The van der Waals surface area contributed by atoms with E-state index in [1.807, 2.05) is 154 Å². The van der Waals surface area contributed by atoms with Crippen molar-refractivity contribution in [3.05, 3.63) is 111 Å². The zero-order chi connectivity index (χ0) is 58.2. The monoisotopic (exact) mass is 1270 g/mol. The van der Waals surface area contributed by atoms with E-state index in [1.165, 1.54) is 62.1 Å². The third-order valence-corrected chi connectivity index (χ3v) is 29.3. The Bertz CT molecular complexity index is 2410. The third kappa shape index (κ3) is 18.8. The fourth-order valence-corrected chi connectivity index (χ4v) is 25.2. The number of carbonyl (C=O) groups excluding carboxylic acids is 2. The summed E-state index contributed by atoms with van der Waals surface area (Å²) in [5, 5.41) is 45.3. The van der Waals surface area contributed by atoms with Gasteiger partial charge in [-0.15, -0.1) is 119 Å². The summed E-state index contributed by atoms with van der Waals surface area (Å²) in [6, 6.07) is 19.9. The maximum Gasteiger partial charge on any atom is 0.337 e. The summed E-state index contributed by atoms with van der Waals surface area (Å²) in [6.07, 6.45) is 17.3. The molecule has 5 saturated heterocycles. The highest BCUT2D eigenvalue weighted by Gasteiger charge is 2.63. The molecular weight excluding hydrogens is 1190 g/mol. The lowest BCUT2D eigenvalue weighted by molar-refractivity contribution is 0.0199. The first-order chi connectivity index (χ1) is 37.6. The third-order valence-electron chi connectivity index (χ3n) is 13.2. The number of thioether (sulfide) groups is 10. The van der Waals surface area contributed by atoms with E-state index in [4.69, 9.17) is 23.7 Å². The minimum Gasteiger partial charge on any atom is -0.478 e. The van der Waals surface area contributed by atoms with E-state index in [-0.39, 0.29) is 33.4 Å². The van der Waals surface area contributed by atoms with Gasteiger partial charge in [-0.3, -0.25) is 4.79 Å². The van der Waals surface area contributed by atoms with Gasteiger partial charge >= 0.3 is 17.9 Å². The summed E-state index contributed by atoms with van der Waals surface area (Å²) in [5.41, 5.74) is 5.98. The van der Waals surface area contributed by atoms with Gasteiger partial charge in [-0.2, -0.15) is 6.92 Å². The maximum absolute atomic E-state index is 12.4. The maximum atomic E-state index is 12.4. The molecule has 1 amide bonds. The Kier molecular flexibility index (Phi) is 30.0. The van der Waals surface area contributed by atoms with Crippen molar-refractivity contribution >= 4 is 141 Å². The second kappa shape index (κ2) is 34.1. The van der Waals surface area contributed by atoms with Gasteiger partial charge in [-0.1, -0.05) is 24.3 Å². The van der Waals surface area contributed by atoms with Crippen molar-refractivity contribution in [1.29, 1.82) is 0 Å². The van der Waals surface area contributed by atoms with Gasteiger partial charge in [0.25, 0.3) is 5.91 Å². The highest BCUT2D eigenvalue weighted by molar-refractivity contribution is 8.22. The summed E-state index contributed by atoms with van der Waals surface area (Å²) in [7, 11) is 1.27. The number of hydrogen-bond donors (Lipinski definition) is 6. The summed E-state index contributed by atoms with van der Waals surface area (Å²) in [6.45, 7) is 12.0. The molecule has 79 heavy (non-hydrogen) atoms. The van der Waals surface area contributed by atoms with Gasteiger partial charge in [0.15, 0.2) is 0 Å². The number of benzene rings is 3. The Balaban J connectivity index is 0.000000241. The van der Waals surface area contributed by atoms with Crippen LogP contribution >= 0.6 is 118 Å². The van der Waals surface area contributed by atoms with Crippen molar-refractivity contribution in [2.75, 3.05) is 77.7 Å². The molecule has 0 spiro atoms. The molecule has 8 rings (SSSR count). The van der Waals surface area contributed by atoms with Gasteiger partial charge in [-0.05, 0) is 177 Å². The van der Waals surface area contributed by atoms with Crippen LogP contribution in [0.3, 0.4) is 0 Å². The van der Waals surface area contributed by atoms with Gasteiger partial charge in [0.2, 0.25) is 0 Å². The van der Waals surface area contributed by atoms with Crippen LogP contribution in [0, 0.1) is 29.3 Å². The van der Waals surface area contributed by atoms with Crippen molar-refractivity contribution in [3.8, 4) is 24.7 Å².